The van der Waals surface area contributed by atoms with Gasteiger partial charge in [0.1, 0.15) is 5.82 Å². The molecular weight excluding hydrogens is 232 g/mol. The van der Waals surface area contributed by atoms with Crippen LogP contribution in [0.3, 0.4) is 0 Å². The van der Waals surface area contributed by atoms with Gasteiger partial charge in [-0.05, 0) is 24.1 Å². The van der Waals surface area contributed by atoms with Crippen LogP contribution in [0.2, 0.25) is 5.02 Å². The Morgan fingerprint density at radius 2 is 1.93 bits per heavy atom. The Bertz CT molecular complexity index is 346. The SMILES string of the molecule is CC[C@H](c1ccc(F)cc1Cl)C(F)(F)F. The highest BCUT2D eigenvalue weighted by atomic mass is 35.5. The molecule has 0 nitrogen and oxygen atoms in total. The summed E-state index contributed by atoms with van der Waals surface area (Å²) < 4.78 is 50.2. The van der Waals surface area contributed by atoms with Gasteiger partial charge in [0.15, 0.2) is 0 Å². The van der Waals surface area contributed by atoms with Crippen LogP contribution in [-0.2, 0) is 0 Å². The van der Waals surface area contributed by atoms with Gasteiger partial charge in [0.2, 0.25) is 0 Å². The van der Waals surface area contributed by atoms with Crippen LogP contribution in [-0.4, -0.2) is 6.18 Å². The van der Waals surface area contributed by atoms with E-state index in [1.165, 1.54) is 6.92 Å². The molecule has 0 N–H and O–H groups in total. The van der Waals surface area contributed by atoms with Gasteiger partial charge >= 0.3 is 6.18 Å². The highest BCUT2D eigenvalue weighted by Crippen LogP contribution is 2.40. The van der Waals surface area contributed by atoms with Crippen LogP contribution in [0.1, 0.15) is 24.8 Å². The van der Waals surface area contributed by atoms with E-state index in [0.29, 0.717) is 0 Å². The molecule has 1 aromatic carbocycles. The molecule has 1 atom stereocenters. The van der Waals surface area contributed by atoms with Crippen molar-refractivity contribution in [2.45, 2.75) is 25.4 Å². The van der Waals surface area contributed by atoms with Crippen molar-refractivity contribution < 1.29 is 17.6 Å². The molecule has 0 amide bonds. The van der Waals surface area contributed by atoms with E-state index in [9.17, 15) is 17.6 Å². The summed E-state index contributed by atoms with van der Waals surface area (Å²) in [7, 11) is 0. The van der Waals surface area contributed by atoms with Gasteiger partial charge in [0.25, 0.3) is 0 Å². The summed E-state index contributed by atoms with van der Waals surface area (Å²) in [6, 6.07) is 2.96. The summed E-state index contributed by atoms with van der Waals surface area (Å²) in [6.07, 6.45) is -4.47. The van der Waals surface area contributed by atoms with Crippen molar-refractivity contribution in [3.05, 3.63) is 34.6 Å². The molecule has 0 aliphatic heterocycles. The summed E-state index contributed by atoms with van der Waals surface area (Å²) in [5.74, 6) is -2.27. The first kappa shape index (κ1) is 12.3. The fourth-order valence-electron chi connectivity index (χ4n) is 1.41. The summed E-state index contributed by atoms with van der Waals surface area (Å²) in [5, 5.41) is -0.181. The fourth-order valence-corrected chi connectivity index (χ4v) is 1.71. The van der Waals surface area contributed by atoms with Crippen molar-refractivity contribution in [1.29, 1.82) is 0 Å². The van der Waals surface area contributed by atoms with Crippen LogP contribution < -0.4 is 0 Å². The van der Waals surface area contributed by atoms with E-state index in [1.807, 2.05) is 0 Å². The summed E-state index contributed by atoms with van der Waals surface area (Å²) in [4.78, 5) is 0. The molecule has 0 aliphatic carbocycles. The molecule has 0 saturated carbocycles. The second-order valence-corrected chi connectivity index (χ2v) is 3.58. The minimum atomic E-state index is -4.35. The minimum absolute atomic E-state index is 0.0759. The lowest BCUT2D eigenvalue weighted by Crippen LogP contribution is -2.20. The van der Waals surface area contributed by atoms with Gasteiger partial charge in [-0.15, -0.1) is 0 Å². The average molecular weight is 241 g/mol. The molecular formula is C10H9ClF4. The van der Waals surface area contributed by atoms with Crippen LogP contribution in [0.15, 0.2) is 18.2 Å². The Morgan fingerprint density at radius 3 is 2.33 bits per heavy atom. The molecule has 0 spiro atoms. The Hall–Kier alpha value is -0.770. The van der Waals surface area contributed by atoms with Crippen LogP contribution in [0.4, 0.5) is 17.6 Å². The standard InChI is InChI=1S/C10H9ClF4/c1-2-8(10(13,14)15)7-4-3-6(12)5-9(7)11/h3-5,8H,2H2,1H3/t8-/m1/s1. The van der Waals surface area contributed by atoms with Gasteiger partial charge in [-0.1, -0.05) is 24.6 Å². The third-order valence-electron chi connectivity index (χ3n) is 2.14. The highest BCUT2D eigenvalue weighted by Gasteiger charge is 2.40. The van der Waals surface area contributed by atoms with Crippen molar-refractivity contribution in [2.24, 2.45) is 0 Å². The molecule has 1 aromatic rings. The maximum Gasteiger partial charge on any atom is 0.395 e. The van der Waals surface area contributed by atoms with E-state index in [2.05, 4.69) is 0 Å². The number of halogens is 5. The predicted octanol–water partition coefficient (Wildman–Crippen LogP) is 4.54. The van der Waals surface area contributed by atoms with E-state index < -0.39 is 17.9 Å². The van der Waals surface area contributed by atoms with Crippen LogP contribution >= 0.6 is 11.6 Å². The molecule has 0 aromatic heterocycles. The number of hydrogen-bond acceptors (Lipinski definition) is 0. The van der Waals surface area contributed by atoms with E-state index in [0.717, 1.165) is 18.2 Å². The Balaban J connectivity index is 3.13. The molecule has 1 rings (SSSR count). The maximum atomic E-state index is 12.6. The zero-order valence-electron chi connectivity index (χ0n) is 7.91. The van der Waals surface area contributed by atoms with Crippen molar-refractivity contribution >= 4 is 11.6 Å². The monoisotopic (exact) mass is 240 g/mol. The molecule has 5 heteroatoms. The van der Waals surface area contributed by atoms with Crippen molar-refractivity contribution in [3.8, 4) is 0 Å². The first-order valence-electron chi connectivity index (χ1n) is 4.38. The minimum Gasteiger partial charge on any atom is -0.207 e. The zero-order chi connectivity index (χ0) is 11.6. The van der Waals surface area contributed by atoms with E-state index in [1.54, 1.807) is 0 Å². The molecule has 0 unspecified atom stereocenters. The molecule has 0 fully saturated rings. The topological polar surface area (TPSA) is 0 Å². The second-order valence-electron chi connectivity index (χ2n) is 3.17. The van der Waals surface area contributed by atoms with E-state index >= 15 is 0 Å². The van der Waals surface area contributed by atoms with Gasteiger partial charge < -0.3 is 0 Å². The van der Waals surface area contributed by atoms with E-state index in [-0.39, 0.29) is 17.0 Å². The average Bonchev–Trinajstić information content (AvgIpc) is 2.07. The lowest BCUT2D eigenvalue weighted by Gasteiger charge is -2.19. The van der Waals surface area contributed by atoms with Gasteiger partial charge in [0.05, 0.1) is 5.92 Å². The quantitative estimate of drug-likeness (QED) is 0.666. The lowest BCUT2D eigenvalue weighted by atomic mass is 9.96. The van der Waals surface area contributed by atoms with Gasteiger partial charge in [-0.2, -0.15) is 13.2 Å². The largest absolute Gasteiger partial charge is 0.395 e. The molecule has 0 bridgehead atoms. The Labute approximate surface area is 89.9 Å². The summed E-state index contributed by atoms with van der Waals surface area (Å²) >= 11 is 5.57. The number of alkyl halides is 3. The molecule has 0 radical (unpaired) electrons. The van der Waals surface area contributed by atoms with Crippen molar-refractivity contribution in [2.75, 3.05) is 0 Å². The van der Waals surface area contributed by atoms with E-state index in [4.69, 9.17) is 11.6 Å². The fraction of sp³-hybridized carbons (Fsp3) is 0.400. The maximum absolute atomic E-state index is 12.6. The number of rotatable bonds is 2. The first-order valence-corrected chi connectivity index (χ1v) is 4.75. The van der Waals surface area contributed by atoms with Gasteiger partial charge in [-0.3, -0.25) is 0 Å². The molecule has 15 heavy (non-hydrogen) atoms. The third kappa shape index (κ3) is 2.84. The third-order valence-corrected chi connectivity index (χ3v) is 2.47. The lowest BCUT2D eigenvalue weighted by molar-refractivity contribution is -0.151. The summed E-state index contributed by atoms with van der Waals surface area (Å²) in [5.41, 5.74) is -0.0759. The Kier molecular flexibility index (Phi) is 3.60. The number of benzene rings is 1. The normalized spacial score (nSPS) is 14.0. The van der Waals surface area contributed by atoms with Crippen LogP contribution in [0, 0.1) is 5.82 Å². The Morgan fingerprint density at radius 1 is 1.33 bits per heavy atom. The second kappa shape index (κ2) is 4.39. The van der Waals surface area contributed by atoms with Gasteiger partial charge in [-0.25, -0.2) is 4.39 Å². The van der Waals surface area contributed by atoms with Crippen LogP contribution in [0.25, 0.3) is 0 Å². The molecule has 84 valence electrons. The highest BCUT2D eigenvalue weighted by molar-refractivity contribution is 6.31. The number of hydrogen-bond donors (Lipinski definition) is 0. The van der Waals surface area contributed by atoms with Crippen LogP contribution in [0.5, 0.6) is 0 Å². The molecule has 0 saturated heterocycles. The molecule has 0 heterocycles. The first-order chi connectivity index (χ1) is 6.86. The van der Waals surface area contributed by atoms with Crippen molar-refractivity contribution in [1.82, 2.24) is 0 Å². The molecule has 0 aliphatic rings. The zero-order valence-corrected chi connectivity index (χ0v) is 8.66. The van der Waals surface area contributed by atoms with Gasteiger partial charge in [0, 0.05) is 5.02 Å². The summed E-state index contributed by atoms with van der Waals surface area (Å²) in [6.45, 7) is 1.41. The predicted molar refractivity (Wildman–Crippen MR) is 50.5 cm³/mol. The smallest absolute Gasteiger partial charge is 0.207 e. The van der Waals surface area contributed by atoms with Crippen molar-refractivity contribution in [3.63, 3.8) is 0 Å².